The number of imidazole rings is 1. The normalized spacial score (nSPS) is 12.9. The quantitative estimate of drug-likeness (QED) is 0.697. The monoisotopic (exact) mass is 392 g/mol. The van der Waals surface area contributed by atoms with E-state index in [0.29, 0.717) is 24.2 Å². The van der Waals surface area contributed by atoms with E-state index in [-0.39, 0.29) is 29.8 Å². The summed E-state index contributed by atoms with van der Waals surface area (Å²) in [4.78, 5) is 29.9. The van der Waals surface area contributed by atoms with Gasteiger partial charge in [0.1, 0.15) is 5.82 Å². The first kappa shape index (κ1) is 18.9. The Morgan fingerprint density at radius 3 is 2.55 bits per heavy atom. The first-order valence-electron chi connectivity index (χ1n) is 9.61. The summed E-state index contributed by atoms with van der Waals surface area (Å²) in [6, 6.07) is 15.4. The van der Waals surface area contributed by atoms with Gasteiger partial charge in [0, 0.05) is 24.3 Å². The second-order valence-corrected chi connectivity index (χ2v) is 6.93. The minimum absolute atomic E-state index is 0.0548. The third-order valence-electron chi connectivity index (χ3n) is 4.96. The van der Waals surface area contributed by atoms with Crippen LogP contribution in [0.25, 0.3) is 0 Å². The fourth-order valence-electron chi connectivity index (χ4n) is 3.51. The molecule has 0 atom stereocenters. The van der Waals surface area contributed by atoms with Crippen LogP contribution in [-0.4, -0.2) is 21.4 Å². The fraction of sp³-hybridized carbons (Fsp3) is 0.227. The van der Waals surface area contributed by atoms with Crippen molar-refractivity contribution < 1.29 is 14.0 Å². The highest BCUT2D eigenvalue weighted by Crippen LogP contribution is 2.22. The number of halogens is 1. The number of fused-ring (bicyclic) bond motifs is 1. The van der Waals surface area contributed by atoms with Gasteiger partial charge in [-0.3, -0.25) is 9.59 Å². The van der Waals surface area contributed by atoms with Gasteiger partial charge in [0.2, 0.25) is 0 Å². The lowest BCUT2D eigenvalue weighted by atomic mass is 10.1. The van der Waals surface area contributed by atoms with Gasteiger partial charge >= 0.3 is 0 Å². The molecule has 7 heteroatoms. The van der Waals surface area contributed by atoms with Crippen LogP contribution < -0.4 is 10.6 Å². The van der Waals surface area contributed by atoms with E-state index >= 15 is 0 Å². The van der Waals surface area contributed by atoms with Crippen molar-refractivity contribution >= 4 is 17.5 Å². The minimum Gasteiger partial charge on any atom is -0.345 e. The number of hydrogen-bond donors (Lipinski definition) is 2. The number of anilines is 1. The molecule has 0 saturated heterocycles. The van der Waals surface area contributed by atoms with Gasteiger partial charge in [-0.15, -0.1) is 0 Å². The van der Waals surface area contributed by atoms with Crippen LogP contribution in [0, 0.1) is 5.82 Å². The molecular formula is C22H21FN4O2. The molecule has 3 aromatic rings. The molecule has 0 radical (unpaired) electrons. The van der Waals surface area contributed by atoms with Crippen molar-refractivity contribution in [3.8, 4) is 0 Å². The van der Waals surface area contributed by atoms with Crippen LogP contribution in [0.2, 0.25) is 0 Å². The van der Waals surface area contributed by atoms with Crippen LogP contribution in [-0.2, 0) is 19.5 Å². The largest absolute Gasteiger partial charge is 0.345 e. The molecule has 6 nitrogen and oxygen atoms in total. The highest BCUT2D eigenvalue weighted by atomic mass is 19.1. The van der Waals surface area contributed by atoms with E-state index in [4.69, 9.17) is 0 Å². The molecule has 4 rings (SSSR count). The maximum absolute atomic E-state index is 13.8. The van der Waals surface area contributed by atoms with E-state index in [2.05, 4.69) is 15.6 Å². The summed E-state index contributed by atoms with van der Waals surface area (Å²) >= 11 is 0. The van der Waals surface area contributed by atoms with Gasteiger partial charge in [-0.25, -0.2) is 9.37 Å². The van der Waals surface area contributed by atoms with Gasteiger partial charge in [0.05, 0.1) is 5.69 Å². The number of benzene rings is 2. The number of hydrogen-bond acceptors (Lipinski definition) is 3. The van der Waals surface area contributed by atoms with Crippen LogP contribution >= 0.6 is 0 Å². The fourth-order valence-corrected chi connectivity index (χ4v) is 3.51. The lowest BCUT2D eigenvalue weighted by Gasteiger charge is -2.17. The average Bonchev–Trinajstić information content (AvgIpc) is 3.14. The third-order valence-corrected chi connectivity index (χ3v) is 4.96. The zero-order chi connectivity index (χ0) is 20.2. The molecule has 29 heavy (non-hydrogen) atoms. The van der Waals surface area contributed by atoms with Crippen LogP contribution in [0.5, 0.6) is 0 Å². The Balaban J connectivity index is 1.56. The van der Waals surface area contributed by atoms with Gasteiger partial charge < -0.3 is 15.2 Å². The van der Waals surface area contributed by atoms with E-state index in [0.717, 1.165) is 18.5 Å². The Labute approximate surface area is 167 Å². The first-order chi connectivity index (χ1) is 14.1. The van der Waals surface area contributed by atoms with Crippen molar-refractivity contribution in [3.63, 3.8) is 0 Å². The summed E-state index contributed by atoms with van der Waals surface area (Å²) in [7, 11) is 0. The van der Waals surface area contributed by atoms with Crippen molar-refractivity contribution in [2.24, 2.45) is 0 Å². The standard InChI is InChI=1S/C22H21FN4O2/c23-17-11-5-4-8-15(17)14-24-22(29)20-26-19(18-12-6-7-13-27(18)20)21(28)25-16-9-2-1-3-10-16/h1-5,8-11H,6-7,12-14H2,(H,24,29)(H,25,28). The summed E-state index contributed by atoms with van der Waals surface area (Å²) in [5.74, 6) is -0.944. The maximum atomic E-state index is 13.8. The lowest BCUT2D eigenvalue weighted by Crippen LogP contribution is -2.28. The second-order valence-electron chi connectivity index (χ2n) is 6.93. The molecule has 0 unspecified atom stereocenters. The van der Waals surface area contributed by atoms with E-state index in [1.54, 1.807) is 34.9 Å². The summed E-state index contributed by atoms with van der Waals surface area (Å²) in [5, 5.41) is 5.54. The number of aromatic nitrogens is 2. The van der Waals surface area contributed by atoms with Gasteiger partial charge in [-0.2, -0.15) is 0 Å². The smallest absolute Gasteiger partial charge is 0.287 e. The van der Waals surface area contributed by atoms with Gasteiger partial charge in [-0.05, 0) is 37.5 Å². The zero-order valence-electron chi connectivity index (χ0n) is 15.8. The Hall–Kier alpha value is -3.48. The van der Waals surface area contributed by atoms with Gasteiger partial charge in [0.15, 0.2) is 11.5 Å². The zero-order valence-corrected chi connectivity index (χ0v) is 15.8. The Bertz CT molecular complexity index is 1050. The molecule has 2 N–H and O–H groups in total. The van der Waals surface area contributed by atoms with Crippen molar-refractivity contribution in [3.05, 3.63) is 83.2 Å². The molecule has 0 bridgehead atoms. The number of amides is 2. The molecule has 1 aliphatic heterocycles. The Morgan fingerprint density at radius 2 is 1.76 bits per heavy atom. The molecule has 0 fully saturated rings. The van der Waals surface area contributed by atoms with Crippen LogP contribution in [0.1, 0.15) is 45.2 Å². The maximum Gasteiger partial charge on any atom is 0.287 e. The number of carbonyl (C=O) groups excluding carboxylic acids is 2. The van der Waals surface area contributed by atoms with Crippen molar-refractivity contribution in [2.75, 3.05) is 5.32 Å². The predicted molar refractivity (Wildman–Crippen MR) is 107 cm³/mol. The molecule has 2 aromatic carbocycles. The number of para-hydroxylation sites is 1. The molecule has 0 spiro atoms. The summed E-state index contributed by atoms with van der Waals surface area (Å²) < 4.78 is 15.6. The SMILES string of the molecule is O=C(Nc1ccccc1)c1nc(C(=O)NCc2ccccc2F)n2c1CCCC2. The molecular weight excluding hydrogens is 371 g/mol. The van der Waals surface area contributed by atoms with Gasteiger partial charge in [0.25, 0.3) is 11.8 Å². The number of rotatable bonds is 5. The average molecular weight is 392 g/mol. The third kappa shape index (κ3) is 4.03. The molecule has 1 aromatic heterocycles. The van der Waals surface area contributed by atoms with Crippen LogP contribution in [0.4, 0.5) is 10.1 Å². The molecule has 2 amide bonds. The van der Waals surface area contributed by atoms with Crippen LogP contribution in [0.15, 0.2) is 54.6 Å². The van der Waals surface area contributed by atoms with E-state index in [1.165, 1.54) is 6.07 Å². The Morgan fingerprint density at radius 1 is 1.00 bits per heavy atom. The van der Waals surface area contributed by atoms with Crippen molar-refractivity contribution in [1.82, 2.24) is 14.9 Å². The highest BCUT2D eigenvalue weighted by molar-refractivity contribution is 6.05. The predicted octanol–water partition coefficient (Wildman–Crippen LogP) is 3.54. The topological polar surface area (TPSA) is 76.0 Å². The molecule has 1 aliphatic rings. The summed E-state index contributed by atoms with van der Waals surface area (Å²) in [5.41, 5.74) is 2.10. The number of nitrogens with one attached hydrogen (secondary N) is 2. The van der Waals surface area contributed by atoms with Crippen molar-refractivity contribution in [1.29, 1.82) is 0 Å². The molecule has 0 aliphatic carbocycles. The summed E-state index contributed by atoms with van der Waals surface area (Å²) in [6.07, 6.45) is 2.54. The van der Waals surface area contributed by atoms with Crippen molar-refractivity contribution in [2.45, 2.75) is 32.4 Å². The van der Waals surface area contributed by atoms with Crippen LogP contribution in [0.3, 0.4) is 0 Å². The lowest BCUT2D eigenvalue weighted by molar-refractivity contribution is 0.0934. The van der Waals surface area contributed by atoms with E-state index < -0.39 is 5.91 Å². The van der Waals surface area contributed by atoms with E-state index in [9.17, 15) is 14.0 Å². The van der Waals surface area contributed by atoms with Gasteiger partial charge in [-0.1, -0.05) is 36.4 Å². The highest BCUT2D eigenvalue weighted by Gasteiger charge is 2.27. The second kappa shape index (κ2) is 8.26. The summed E-state index contributed by atoms with van der Waals surface area (Å²) in [6.45, 7) is 0.683. The van der Waals surface area contributed by atoms with E-state index in [1.807, 2.05) is 18.2 Å². The number of carbonyl (C=O) groups is 2. The number of nitrogens with zero attached hydrogens (tertiary/aromatic N) is 2. The molecule has 0 saturated carbocycles. The Kier molecular flexibility index (Phi) is 5.37. The molecule has 148 valence electrons. The first-order valence-corrected chi connectivity index (χ1v) is 9.61. The molecule has 2 heterocycles. The minimum atomic E-state index is -0.421.